The molecule has 0 radical (unpaired) electrons. The van der Waals surface area contributed by atoms with Crippen LogP contribution in [-0.4, -0.2) is 50.8 Å². The molecule has 25 heavy (non-hydrogen) atoms. The molecule has 1 N–H and O–H groups in total. The fourth-order valence-electron chi connectivity index (χ4n) is 2.55. The van der Waals surface area contributed by atoms with E-state index >= 15 is 0 Å². The molecule has 0 aliphatic carbocycles. The number of aliphatic hydroxyl groups is 1. The van der Waals surface area contributed by atoms with E-state index in [-0.39, 0.29) is 12.5 Å². The summed E-state index contributed by atoms with van der Waals surface area (Å²) in [5, 5.41) is 10.4. The van der Waals surface area contributed by atoms with E-state index in [1.807, 2.05) is 0 Å². The number of amides is 1. The van der Waals surface area contributed by atoms with Crippen molar-refractivity contribution in [1.29, 1.82) is 0 Å². The Balaban J connectivity index is 2.20. The average molecular weight is 345 g/mol. The molecule has 0 fully saturated rings. The van der Waals surface area contributed by atoms with Gasteiger partial charge in [0.25, 0.3) is 5.91 Å². The molecule has 0 aromatic heterocycles. The molecule has 2 aromatic carbocycles. The molecule has 134 valence electrons. The lowest BCUT2D eigenvalue weighted by atomic mass is 10.1. The number of methoxy groups -OCH3 is 3. The van der Waals surface area contributed by atoms with Crippen LogP contribution in [0.3, 0.4) is 0 Å². The fraction of sp³-hybridized carbons (Fsp3) is 0.316. The summed E-state index contributed by atoms with van der Waals surface area (Å²) < 4.78 is 15.7. The van der Waals surface area contributed by atoms with Crippen LogP contribution >= 0.6 is 0 Å². The normalized spacial score (nSPS) is 11.6. The largest absolute Gasteiger partial charge is 0.497 e. The third kappa shape index (κ3) is 4.22. The van der Waals surface area contributed by atoms with E-state index in [9.17, 15) is 9.90 Å². The van der Waals surface area contributed by atoms with Crippen molar-refractivity contribution in [2.24, 2.45) is 0 Å². The maximum atomic E-state index is 12.8. The van der Waals surface area contributed by atoms with E-state index in [4.69, 9.17) is 14.2 Å². The van der Waals surface area contributed by atoms with Crippen LogP contribution in [0.4, 0.5) is 0 Å². The summed E-state index contributed by atoms with van der Waals surface area (Å²) in [4.78, 5) is 14.3. The number of carbonyl (C=O) groups excluding carboxylic acids is 1. The van der Waals surface area contributed by atoms with E-state index in [0.717, 1.165) is 0 Å². The van der Waals surface area contributed by atoms with Gasteiger partial charge in [-0.1, -0.05) is 18.2 Å². The fourth-order valence-corrected chi connectivity index (χ4v) is 2.55. The SMILES string of the molecule is COc1cccc(C(O)CN(C)C(=O)c2c(OC)cccc2OC)c1. The highest BCUT2D eigenvalue weighted by atomic mass is 16.5. The van der Waals surface area contributed by atoms with Gasteiger partial charge in [-0.2, -0.15) is 0 Å². The molecule has 0 saturated carbocycles. The first kappa shape index (κ1) is 18.6. The average Bonchev–Trinajstić information content (AvgIpc) is 2.66. The van der Waals surface area contributed by atoms with E-state index in [2.05, 4.69) is 0 Å². The molecular weight excluding hydrogens is 322 g/mol. The molecule has 0 bridgehead atoms. The van der Waals surface area contributed by atoms with Crippen molar-refractivity contribution in [2.45, 2.75) is 6.10 Å². The zero-order chi connectivity index (χ0) is 18.4. The Labute approximate surface area is 147 Å². The topological polar surface area (TPSA) is 68.2 Å². The lowest BCUT2D eigenvalue weighted by Crippen LogP contribution is -2.31. The smallest absolute Gasteiger partial charge is 0.261 e. The number of ether oxygens (including phenoxy) is 3. The van der Waals surface area contributed by atoms with Gasteiger partial charge in [0.2, 0.25) is 0 Å². The van der Waals surface area contributed by atoms with Gasteiger partial charge in [0.15, 0.2) is 0 Å². The number of aliphatic hydroxyl groups excluding tert-OH is 1. The molecule has 6 heteroatoms. The molecule has 0 saturated heterocycles. The zero-order valence-corrected chi connectivity index (χ0v) is 14.9. The standard InChI is InChI=1S/C19H23NO5/c1-20(12-15(21)13-7-5-8-14(11-13)23-2)19(22)18-16(24-3)9-6-10-17(18)25-4/h5-11,15,21H,12H2,1-4H3. The second-order valence-electron chi connectivity index (χ2n) is 5.52. The molecule has 2 aromatic rings. The number of nitrogens with zero attached hydrogens (tertiary/aromatic N) is 1. The van der Waals surface area contributed by atoms with Gasteiger partial charge in [0.1, 0.15) is 22.8 Å². The lowest BCUT2D eigenvalue weighted by Gasteiger charge is -2.23. The van der Waals surface area contributed by atoms with E-state index in [1.54, 1.807) is 56.6 Å². The van der Waals surface area contributed by atoms with Gasteiger partial charge in [-0.3, -0.25) is 4.79 Å². The second kappa shape index (κ2) is 8.39. The Morgan fingerprint density at radius 3 is 2.20 bits per heavy atom. The lowest BCUT2D eigenvalue weighted by molar-refractivity contribution is 0.0674. The summed E-state index contributed by atoms with van der Waals surface area (Å²) in [6.07, 6.45) is -0.843. The molecule has 1 unspecified atom stereocenters. The maximum absolute atomic E-state index is 12.8. The highest BCUT2D eigenvalue weighted by molar-refractivity contribution is 5.99. The highest BCUT2D eigenvalue weighted by Gasteiger charge is 2.23. The molecule has 1 amide bonds. The van der Waals surface area contributed by atoms with Gasteiger partial charge in [-0.15, -0.1) is 0 Å². The molecule has 0 aliphatic heterocycles. The summed E-state index contributed by atoms with van der Waals surface area (Å²) in [5.41, 5.74) is 0.999. The first-order chi connectivity index (χ1) is 12.0. The first-order valence-corrected chi connectivity index (χ1v) is 7.80. The zero-order valence-electron chi connectivity index (χ0n) is 14.9. The van der Waals surface area contributed by atoms with Gasteiger partial charge in [-0.05, 0) is 29.8 Å². The molecular formula is C19H23NO5. The van der Waals surface area contributed by atoms with Crippen LogP contribution in [0.5, 0.6) is 17.2 Å². The van der Waals surface area contributed by atoms with Gasteiger partial charge >= 0.3 is 0 Å². The van der Waals surface area contributed by atoms with E-state index < -0.39 is 6.10 Å². The summed E-state index contributed by atoms with van der Waals surface area (Å²) in [6, 6.07) is 12.3. The van der Waals surface area contributed by atoms with E-state index in [0.29, 0.717) is 28.4 Å². The Morgan fingerprint density at radius 2 is 1.64 bits per heavy atom. The van der Waals surface area contributed by atoms with Crippen molar-refractivity contribution < 1.29 is 24.1 Å². The number of hydrogen-bond donors (Lipinski definition) is 1. The quantitative estimate of drug-likeness (QED) is 0.835. The van der Waals surface area contributed by atoms with Crippen LogP contribution in [0.15, 0.2) is 42.5 Å². The summed E-state index contributed by atoms with van der Waals surface area (Å²) in [6.45, 7) is 0.118. The van der Waals surface area contributed by atoms with Crippen molar-refractivity contribution in [2.75, 3.05) is 34.9 Å². The first-order valence-electron chi connectivity index (χ1n) is 7.80. The third-order valence-corrected chi connectivity index (χ3v) is 3.91. The Kier molecular flexibility index (Phi) is 6.25. The minimum atomic E-state index is -0.843. The summed E-state index contributed by atoms with van der Waals surface area (Å²) in [5.74, 6) is 1.20. The van der Waals surface area contributed by atoms with Crippen molar-refractivity contribution >= 4 is 5.91 Å². The van der Waals surface area contributed by atoms with Gasteiger partial charge in [-0.25, -0.2) is 0 Å². The molecule has 0 aliphatic rings. The molecule has 1 atom stereocenters. The molecule has 2 rings (SSSR count). The molecule has 6 nitrogen and oxygen atoms in total. The Hall–Kier alpha value is -2.73. The van der Waals surface area contributed by atoms with Crippen LogP contribution in [0.25, 0.3) is 0 Å². The Bertz CT molecular complexity index is 709. The van der Waals surface area contributed by atoms with Crippen molar-refractivity contribution in [3.63, 3.8) is 0 Å². The van der Waals surface area contributed by atoms with Crippen LogP contribution < -0.4 is 14.2 Å². The minimum absolute atomic E-state index is 0.118. The van der Waals surface area contributed by atoms with Gasteiger partial charge in [0.05, 0.1) is 34.0 Å². The maximum Gasteiger partial charge on any atom is 0.261 e. The van der Waals surface area contributed by atoms with Crippen LogP contribution in [-0.2, 0) is 0 Å². The second-order valence-corrected chi connectivity index (χ2v) is 5.52. The van der Waals surface area contributed by atoms with Crippen LogP contribution in [0.1, 0.15) is 22.0 Å². The number of rotatable bonds is 7. The summed E-state index contributed by atoms with van der Waals surface area (Å²) >= 11 is 0. The van der Waals surface area contributed by atoms with Crippen molar-refractivity contribution in [1.82, 2.24) is 4.90 Å². The predicted molar refractivity (Wildman–Crippen MR) is 94.5 cm³/mol. The van der Waals surface area contributed by atoms with E-state index in [1.165, 1.54) is 19.1 Å². The minimum Gasteiger partial charge on any atom is -0.497 e. The third-order valence-electron chi connectivity index (χ3n) is 3.91. The van der Waals surface area contributed by atoms with Crippen LogP contribution in [0.2, 0.25) is 0 Å². The van der Waals surface area contributed by atoms with Crippen LogP contribution in [0, 0.1) is 0 Å². The number of carbonyl (C=O) groups is 1. The predicted octanol–water partition coefficient (Wildman–Crippen LogP) is 2.52. The number of hydrogen-bond acceptors (Lipinski definition) is 5. The van der Waals surface area contributed by atoms with Crippen molar-refractivity contribution in [3.05, 3.63) is 53.6 Å². The monoisotopic (exact) mass is 345 g/mol. The Morgan fingerprint density at radius 1 is 1.04 bits per heavy atom. The van der Waals surface area contributed by atoms with Gasteiger partial charge in [0, 0.05) is 7.05 Å². The highest BCUT2D eigenvalue weighted by Crippen LogP contribution is 2.30. The summed E-state index contributed by atoms with van der Waals surface area (Å²) in [7, 11) is 6.18. The molecule has 0 spiro atoms. The number of benzene rings is 2. The molecule has 0 heterocycles. The van der Waals surface area contributed by atoms with Crippen molar-refractivity contribution in [3.8, 4) is 17.2 Å². The number of likely N-dealkylation sites (N-methyl/N-ethyl adjacent to an activating group) is 1. The van der Waals surface area contributed by atoms with Gasteiger partial charge < -0.3 is 24.2 Å².